The van der Waals surface area contributed by atoms with E-state index in [1.165, 1.54) is 11.1 Å². The molecule has 10 nitrogen and oxygen atoms in total. The van der Waals surface area contributed by atoms with Gasteiger partial charge in [0.2, 0.25) is 5.95 Å². The summed E-state index contributed by atoms with van der Waals surface area (Å²) >= 11 is 0. The van der Waals surface area contributed by atoms with E-state index in [0.717, 1.165) is 5.56 Å². The Morgan fingerprint density at radius 2 is 2.10 bits per heavy atom. The quantitative estimate of drug-likeness (QED) is 0.459. The van der Waals surface area contributed by atoms with Crippen LogP contribution in [0.1, 0.15) is 36.7 Å². The fourth-order valence-electron chi connectivity index (χ4n) is 3.03. The fraction of sp³-hybridized carbons (Fsp3) is 0.476. The Labute approximate surface area is 181 Å². The van der Waals surface area contributed by atoms with Crippen molar-refractivity contribution in [1.82, 2.24) is 9.97 Å². The van der Waals surface area contributed by atoms with Crippen LogP contribution in [0.25, 0.3) is 0 Å². The van der Waals surface area contributed by atoms with Crippen molar-refractivity contribution in [3.8, 4) is 5.75 Å². The maximum Gasteiger partial charge on any atom is 0.259 e. The van der Waals surface area contributed by atoms with Crippen molar-refractivity contribution in [1.29, 1.82) is 0 Å². The van der Waals surface area contributed by atoms with E-state index >= 15 is 0 Å². The van der Waals surface area contributed by atoms with Gasteiger partial charge in [0.15, 0.2) is 0 Å². The monoisotopic (exact) mass is 430 g/mol. The van der Waals surface area contributed by atoms with Gasteiger partial charge in [-0.3, -0.25) is 9.69 Å². The molecule has 31 heavy (non-hydrogen) atoms. The van der Waals surface area contributed by atoms with Gasteiger partial charge in [-0.25, -0.2) is 4.98 Å². The lowest BCUT2D eigenvalue weighted by Crippen LogP contribution is -2.44. The van der Waals surface area contributed by atoms with Crippen LogP contribution in [-0.2, 0) is 6.42 Å². The molecule has 0 aliphatic carbocycles. The molecule has 0 saturated carbocycles. The number of nitrogens with one attached hydrogen (secondary N) is 1. The highest BCUT2D eigenvalue weighted by molar-refractivity contribution is 6.06. The van der Waals surface area contributed by atoms with Crippen molar-refractivity contribution in [2.45, 2.75) is 45.4 Å². The molecule has 0 aliphatic heterocycles. The zero-order valence-corrected chi connectivity index (χ0v) is 18.3. The summed E-state index contributed by atoms with van der Waals surface area (Å²) in [6.07, 6.45) is 0.934. The number of benzene rings is 1. The minimum absolute atomic E-state index is 0.0829. The summed E-state index contributed by atoms with van der Waals surface area (Å²) in [5.74, 6) is 0.905. The topological polar surface area (TPSA) is 143 Å². The molecular weight excluding hydrogens is 400 g/mol. The Kier molecular flexibility index (Phi) is 8.83. The summed E-state index contributed by atoms with van der Waals surface area (Å²) in [4.78, 5) is 34.3. The molecule has 4 N–H and O–H groups in total. The van der Waals surface area contributed by atoms with Gasteiger partial charge >= 0.3 is 0 Å². The number of aliphatic hydroxyl groups excluding tert-OH is 1. The standard InChI is InChI=1S/C21H30N6O4/c1-5-14-10-15(6-7-18(14)31-4)20(29)27(12-17(28)16(11-22)26-30)19-8-9-23-21(25-19)24-13(2)3/h6-10,13,16-17,28H,5,11-12,22H2,1-4H3,(H,23,24,25)/t16-,17?/m0/s1. The number of hydrogen-bond acceptors (Lipinski definition) is 9. The van der Waals surface area contributed by atoms with Crippen LogP contribution in [0.5, 0.6) is 5.75 Å². The lowest BCUT2D eigenvalue weighted by molar-refractivity contribution is 0.0949. The number of anilines is 2. The van der Waals surface area contributed by atoms with Crippen LogP contribution in [-0.4, -0.2) is 59.4 Å². The molecule has 1 aromatic carbocycles. The summed E-state index contributed by atoms with van der Waals surface area (Å²) < 4.78 is 5.34. The lowest BCUT2D eigenvalue weighted by atomic mass is 10.1. The van der Waals surface area contributed by atoms with E-state index in [2.05, 4.69) is 20.5 Å². The van der Waals surface area contributed by atoms with Gasteiger partial charge in [-0.05, 0) is 50.1 Å². The van der Waals surface area contributed by atoms with Crippen molar-refractivity contribution in [3.05, 3.63) is 46.5 Å². The summed E-state index contributed by atoms with van der Waals surface area (Å²) in [5.41, 5.74) is 6.79. The van der Waals surface area contributed by atoms with Crippen LogP contribution in [0.4, 0.5) is 11.8 Å². The first-order valence-electron chi connectivity index (χ1n) is 10.1. The highest BCUT2D eigenvalue weighted by Gasteiger charge is 2.27. The maximum absolute atomic E-state index is 13.4. The average Bonchev–Trinajstić information content (AvgIpc) is 2.77. The van der Waals surface area contributed by atoms with Gasteiger partial charge in [0.05, 0.1) is 19.8 Å². The molecule has 0 aliphatic rings. The number of aromatic nitrogens is 2. The van der Waals surface area contributed by atoms with Crippen molar-refractivity contribution >= 4 is 17.7 Å². The summed E-state index contributed by atoms with van der Waals surface area (Å²) in [6, 6.07) is 5.71. The van der Waals surface area contributed by atoms with Gasteiger partial charge < -0.3 is 20.9 Å². The first-order valence-corrected chi connectivity index (χ1v) is 10.1. The first-order chi connectivity index (χ1) is 14.8. The van der Waals surface area contributed by atoms with Crippen molar-refractivity contribution < 1.29 is 14.6 Å². The minimum atomic E-state index is -1.26. The second-order valence-corrected chi connectivity index (χ2v) is 7.31. The third-order valence-electron chi connectivity index (χ3n) is 4.68. The van der Waals surface area contributed by atoms with E-state index < -0.39 is 18.1 Å². The summed E-state index contributed by atoms with van der Waals surface area (Å²) in [7, 11) is 1.57. The zero-order chi connectivity index (χ0) is 23.0. The lowest BCUT2D eigenvalue weighted by Gasteiger charge is -2.26. The average molecular weight is 431 g/mol. The van der Waals surface area contributed by atoms with Crippen LogP contribution in [0.3, 0.4) is 0 Å². The summed E-state index contributed by atoms with van der Waals surface area (Å²) in [5, 5.41) is 16.4. The number of methoxy groups -OCH3 is 1. The molecule has 1 amide bonds. The number of nitroso groups, excluding NO2 is 1. The van der Waals surface area contributed by atoms with Crippen LogP contribution in [0, 0.1) is 4.91 Å². The number of nitrogens with zero attached hydrogens (tertiary/aromatic N) is 4. The number of nitrogens with two attached hydrogens (primary N) is 1. The maximum atomic E-state index is 13.4. The molecule has 0 fully saturated rings. The van der Waals surface area contributed by atoms with Crippen LogP contribution in [0.2, 0.25) is 0 Å². The van der Waals surface area contributed by atoms with E-state index in [4.69, 9.17) is 10.5 Å². The normalized spacial score (nSPS) is 12.9. The molecule has 168 valence electrons. The van der Waals surface area contributed by atoms with Crippen molar-refractivity contribution in [2.24, 2.45) is 10.9 Å². The third-order valence-corrected chi connectivity index (χ3v) is 4.68. The van der Waals surface area contributed by atoms with Crippen molar-refractivity contribution in [2.75, 3.05) is 30.4 Å². The molecule has 0 bridgehead atoms. The molecule has 1 heterocycles. The smallest absolute Gasteiger partial charge is 0.259 e. The molecule has 0 spiro atoms. The summed E-state index contributed by atoms with van der Waals surface area (Å²) in [6.45, 7) is 5.49. The molecule has 2 aromatic rings. The SMILES string of the molecule is CCc1cc(C(=O)N(CC(O)[C@H](CN)N=O)c2ccnc(NC(C)C)n2)ccc1OC. The van der Waals surface area contributed by atoms with Crippen LogP contribution in [0.15, 0.2) is 35.6 Å². The van der Waals surface area contributed by atoms with Gasteiger partial charge in [-0.1, -0.05) is 12.1 Å². The number of hydrogen-bond donors (Lipinski definition) is 3. The number of aliphatic hydroxyl groups is 1. The molecule has 1 aromatic heterocycles. The second-order valence-electron chi connectivity index (χ2n) is 7.31. The second kappa shape index (κ2) is 11.3. The van der Waals surface area contributed by atoms with E-state index in [9.17, 15) is 14.8 Å². The zero-order valence-electron chi connectivity index (χ0n) is 18.3. The number of amides is 1. The Morgan fingerprint density at radius 1 is 1.35 bits per heavy atom. The Bertz CT molecular complexity index is 892. The van der Waals surface area contributed by atoms with Gasteiger partial charge in [-0.2, -0.15) is 9.89 Å². The molecule has 0 saturated heterocycles. The van der Waals surface area contributed by atoms with Crippen molar-refractivity contribution in [3.63, 3.8) is 0 Å². The Morgan fingerprint density at radius 3 is 2.68 bits per heavy atom. The molecular formula is C21H30N6O4. The van der Waals surface area contributed by atoms with E-state index in [1.54, 1.807) is 31.4 Å². The molecule has 0 radical (unpaired) electrons. The third kappa shape index (κ3) is 6.19. The van der Waals surface area contributed by atoms with Crippen LogP contribution >= 0.6 is 0 Å². The Hall–Kier alpha value is -3.11. The van der Waals surface area contributed by atoms with Crippen LogP contribution < -0.4 is 20.7 Å². The first kappa shape index (κ1) is 24.2. The molecule has 2 rings (SSSR count). The number of carbonyl (C=O) groups is 1. The molecule has 2 atom stereocenters. The number of rotatable bonds is 11. The van der Waals surface area contributed by atoms with E-state index in [0.29, 0.717) is 23.7 Å². The highest BCUT2D eigenvalue weighted by atomic mass is 16.5. The largest absolute Gasteiger partial charge is 0.496 e. The van der Waals surface area contributed by atoms with E-state index in [-0.39, 0.29) is 24.9 Å². The minimum Gasteiger partial charge on any atom is -0.496 e. The number of ether oxygens (including phenoxy) is 1. The molecule has 10 heteroatoms. The highest BCUT2D eigenvalue weighted by Crippen LogP contribution is 2.23. The predicted octanol–water partition coefficient (Wildman–Crippen LogP) is 1.97. The predicted molar refractivity (Wildman–Crippen MR) is 119 cm³/mol. The Balaban J connectivity index is 2.46. The van der Waals surface area contributed by atoms with Gasteiger partial charge in [0.25, 0.3) is 5.91 Å². The van der Waals surface area contributed by atoms with Gasteiger partial charge in [0, 0.05) is 24.3 Å². The van der Waals surface area contributed by atoms with E-state index in [1.807, 2.05) is 20.8 Å². The van der Waals surface area contributed by atoms with Gasteiger partial charge in [-0.15, -0.1) is 0 Å². The van der Waals surface area contributed by atoms with Gasteiger partial charge in [0.1, 0.15) is 17.6 Å². The number of aryl methyl sites for hydroxylation is 1. The molecule has 1 unspecified atom stereocenters. The number of carbonyl (C=O) groups excluding carboxylic acids is 1. The fourth-order valence-corrected chi connectivity index (χ4v) is 3.03.